The van der Waals surface area contributed by atoms with Crippen LogP contribution >= 0.6 is 23.5 Å². The van der Waals surface area contributed by atoms with Gasteiger partial charge in [0.2, 0.25) is 0 Å². The number of hydrogen-bond donors (Lipinski definition) is 0. The van der Waals surface area contributed by atoms with Crippen LogP contribution in [0.4, 0.5) is 4.39 Å². The van der Waals surface area contributed by atoms with Crippen LogP contribution < -0.4 is 0 Å². The van der Waals surface area contributed by atoms with Crippen LogP contribution in [0.15, 0.2) is 28.7 Å². The lowest BCUT2D eigenvalue weighted by Crippen LogP contribution is -2.13. The lowest BCUT2D eigenvalue weighted by molar-refractivity contribution is 0.626. The first-order chi connectivity index (χ1) is 7.31. The van der Waals surface area contributed by atoms with Crippen LogP contribution in [0.3, 0.4) is 0 Å². The van der Waals surface area contributed by atoms with Crippen LogP contribution in [0.1, 0.15) is 17.9 Å². The summed E-state index contributed by atoms with van der Waals surface area (Å²) in [5.41, 5.74) is 1.11. The zero-order valence-corrected chi connectivity index (χ0v) is 9.64. The second-order valence-corrected chi connectivity index (χ2v) is 4.86. The molecule has 0 aromatic heterocycles. The number of hydrogen-bond acceptors (Lipinski definition) is 2. The standard InChI is InChI=1S/C11H11ClFNS/c12-6-5-11-10(7-14-15-11)8-1-3-9(13)4-2-8/h1-4,7,10-11H,5-6H2. The number of alkyl halides is 1. The van der Waals surface area contributed by atoms with Crippen molar-refractivity contribution in [3.63, 3.8) is 0 Å². The lowest BCUT2D eigenvalue weighted by atomic mass is 9.95. The minimum Gasteiger partial charge on any atom is -0.228 e. The lowest BCUT2D eigenvalue weighted by Gasteiger charge is -2.15. The van der Waals surface area contributed by atoms with Crippen LogP contribution in [0.25, 0.3) is 0 Å². The number of nitrogens with zero attached hydrogens (tertiary/aromatic N) is 1. The molecule has 2 rings (SSSR count). The van der Waals surface area contributed by atoms with Crippen molar-refractivity contribution in [1.29, 1.82) is 0 Å². The molecule has 0 N–H and O–H groups in total. The fourth-order valence-corrected chi connectivity index (χ4v) is 2.97. The van der Waals surface area contributed by atoms with Gasteiger partial charge >= 0.3 is 0 Å². The Hall–Kier alpha value is -0.540. The second-order valence-electron chi connectivity index (χ2n) is 3.45. The van der Waals surface area contributed by atoms with E-state index in [4.69, 9.17) is 11.6 Å². The zero-order chi connectivity index (χ0) is 10.7. The summed E-state index contributed by atoms with van der Waals surface area (Å²) < 4.78 is 17.0. The van der Waals surface area contributed by atoms with Gasteiger partial charge in [0.15, 0.2) is 0 Å². The molecule has 2 unspecified atom stereocenters. The summed E-state index contributed by atoms with van der Waals surface area (Å²) in [4.78, 5) is 0. The van der Waals surface area contributed by atoms with E-state index in [9.17, 15) is 4.39 Å². The molecule has 0 bridgehead atoms. The summed E-state index contributed by atoms with van der Waals surface area (Å²) in [6.07, 6.45) is 2.85. The maximum absolute atomic E-state index is 12.8. The van der Waals surface area contributed by atoms with E-state index in [1.165, 1.54) is 12.1 Å². The smallest absolute Gasteiger partial charge is 0.123 e. The average molecular weight is 244 g/mol. The molecule has 0 saturated carbocycles. The van der Waals surface area contributed by atoms with Gasteiger partial charge in [0.1, 0.15) is 5.82 Å². The molecule has 2 atom stereocenters. The Labute approximate surface area is 97.9 Å². The van der Waals surface area contributed by atoms with E-state index >= 15 is 0 Å². The second kappa shape index (κ2) is 4.99. The minimum atomic E-state index is -0.199. The molecule has 80 valence electrons. The molecule has 0 radical (unpaired) electrons. The average Bonchev–Trinajstić information content (AvgIpc) is 2.68. The van der Waals surface area contributed by atoms with Crippen molar-refractivity contribution in [2.45, 2.75) is 17.6 Å². The maximum atomic E-state index is 12.8. The molecule has 1 aromatic rings. The molecule has 4 heteroatoms. The molecule has 15 heavy (non-hydrogen) atoms. The Morgan fingerprint density at radius 2 is 2.07 bits per heavy atom. The largest absolute Gasteiger partial charge is 0.228 e. The van der Waals surface area contributed by atoms with Crippen molar-refractivity contribution in [1.82, 2.24) is 0 Å². The van der Waals surface area contributed by atoms with Crippen LogP contribution in [0, 0.1) is 5.82 Å². The zero-order valence-electron chi connectivity index (χ0n) is 8.07. The first-order valence-corrected chi connectivity index (χ1v) is 6.19. The van der Waals surface area contributed by atoms with Crippen LogP contribution in [-0.4, -0.2) is 17.3 Å². The fraction of sp³-hybridized carbons (Fsp3) is 0.364. The fourth-order valence-electron chi connectivity index (χ4n) is 1.67. The third kappa shape index (κ3) is 2.52. The minimum absolute atomic E-state index is 0.199. The van der Waals surface area contributed by atoms with Crippen molar-refractivity contribution in [3.05, 3.63) is 35.6 Å². The summed E-state index contributed by atoms with van der Waals surface area (Å²) in [6.45, 7) is 0. The Morgan fingerprint density at radius 1 is 1.33 bits per heavy atom. The van der Waals surface area contributed by atoms with Crippen molar-refractivity contribution in [2.75, 3.05) is 5.88 Å². The summed E-state index contributed by atoms with van der Waals surface area (Å²) in [6, 6.07) is 6.62. The van der Waals surface area contributed by atoms with Gasteiger partial charge in [0, 0.05) is 23.3 Å². The number of halogens is 2. The molecular weight excluding hydrogens is 233 g/mol. The van der Waals surface area contributed by atoms with Crippen LogP contribution in [-0.2, 0) is 0 Å². The van der Waals surface area contributed by atoms with Gasteiger partial charge in [-0.05, 0) is 36.1 Å². The van der Waals surface area contributed by atoms with Gasteiger partial charge in [-0.25, -0.2) is 8.79 Å². The van der Waals surface area contributed by atoms with Gasteiger partial charge < -0.3 is 0 Å². The molecule has 1 aliphatic heterocycles. The highest BCUT2D eigenvalue weighted by Gasteiger charge is 2.26. The molecule has 0 amide bonds. The molecule has 1 aromatic carbocycles. The van der Waals surface area contributed by atoms with E-state index in [1.54, 1.807) is 11.9 Å². The first-order valence-electron chi connectivity index (χ1n) is 4.82. The predicted octanol–water partition coefficient (Wildman–Crippen LogP) is 3.64. The van der Waals surface area contributed by atoms with Gasteiger partial charge in [-0.3, -0.25) is 0 Å². The predicted molar refractivity (Wildman–Crippen MR) is 64.3 cm³/mol. The monoisotopic (exact) mass is 243 g/mol. The van der Waals surface area contributed by atoms with Crippen molar-refractivity contribution in [3.8, 4) is 0 Å². The summed E-state index contributed by atoms with van der Waals surface area (Å²) in [7, 11) is 0. The van der Waals surface area contributed by atoms with Crippen LogP contribution in [0.5, 0.6) is 0 Å². The highest BCUT2D eigenvalue weighted by molar-refractivity contribution is 7.99. The first kappa shape index (κ1) is 11.0. The van der Waals surface area contributed by atoms with Gasteiger partial charge in [-0.15, -0.1) is 11.6 Å². The molecule has 0 aliphatic carbocycles. The van der Waals surface area contributed by atoms with Gasteiger partial charge in [-0.2, -0.15) is 0 Å². The summed E-state index contributed by atoms with van der Waals surface area (Å²) in [5, 5.41) is 0.396. The Morgan fingerprint density at radius 3 is 2.73 bits per heavy atom. The maximum Gasteiger partial charge on any atom is 0.123 e. The Bertz CT molecular complexity index is 352. The van der Waals surface area contributed by atoms with Crippen molar-refractivity contribution in [2.24, 2.45) is 4.40 Å². The van der Waals surface area contributed by atoms with Crippen LogP contribution in [0.2, 0.25) is 0 Å². The number of rotatable bonds is 3. The summed E-state index contributed by atoms with van der Waals surface area (Å²) >= 11 is 7.30. The Kier molecular flexibility index (Phi) is 3.65. The molecule has 0 spiro atoms. The summed E-state index contributed by atoms with van der Waals surface area (Å²) in [5.74, 6) is 0.711. The van der Waals surface area contributed by atoms with E-state index in [1.807, 2.05) is 18.3 Å². The topological polar surface area (TPSA) is 12.4 Å². The van der Waals surface area contributed by atoms with Crippen molar-refractivity contribution < 1.29 is 4.39 Å². The third-order valence-corrected chi connectivity index (χ3v) is 3.73. The normalized spacial score (nSPS) is 24.7. The van der Waals surface area contributed by atoms with E-state index in [-0.39, 0.29) is 11.7 Å². The van der Waals surface area contributed by atoms with E-state index in [0.29, 0.717) is 11.1 Å². The number of benzene rings is 1. The molecular formula is C11H11ClFNS. The molecule has 1 nitrogen and oxygen atoms in total. The molecule has 1 aliphatic rings. The van der Waals surface area contributed by atoms with Gasteiger partial charge in [0.25, 0.3) is 0 Å². The SMILES string of the molecule is Fc1ccc(C2C=NSC2CCCl)cc1. The van der Waals surface area contributed by atoms with Crippen molar-refractivity contribution >= 4 is 29.8 Å². The molecule has 1 heterocycles. The molecule has 0 fully saturated rings. The molecule has 0 saturated heterocycles. The highest BCUT2D eigenvalue weighted by atomic mass is 35.5. The van der Waals surface area contributed by atoms with E-state index < -0.39 is 0 Å². The van der Waals surface area contributed by atoms with Gasteiger partial charge in [-0.1, -0.05) is 12.1 Å². The Balaban J connectivity index is 2.15. The third-order valence-electron chi connectivity index (χ3n) is 2.47. The van der Waals surface area contributed by atoms with E-state index in [2.05, 4.69) is 4.40 Å². The van der Waals surface area contributed by atoms with Gasteiger partial charge in [0.05, 0.1) is 0 Å². The highest BCUT2D eigenvalue weighted by Crippen LogP contribution is 2.36. The van der Waals surface area contributed by atoms with E-state index in [0.717, 1.165) is 12.0 Å². The quantitative estimate of drug-likeness (QED) is 0.583.